The van der Waals surface area contributed by atoms with E-state index < -0.39 is 0 Å². The van der Waals surface area contributed by atoms with Crippen LogP contribution >= 0.6 is 0 Å². The van der Waals surface area contributed by atoms with Crippen LogP contribution in [0.3, 0.4) is 0 Å². The van der Waals surface area contributed by atoms with Crippen molar-refractivity contribution in [2.45, 2.75) is 0 Å². The Morgan fingerprint density at radius 1 is 0.824 bits per heavy atom. The van der Waals surface area contributed by atoms with Crippen LogP contribution in [0.2, 0.25) is 0 Å². The molecule has 3 N–H and O–H groups in total. The Morgan fingerprint density at radius 2 is 1.53 bits per heavy atom. The minimum atomic E-state index is -0.351. The van der Waals surface area contributed by atoms with Gasteiger partial charge in [-0.2, -0.15) is 0 Å². The molecule has 0 unspecified atom stereocenters. The van der Waals surface area contributed by atoms with E-state index in [4.69, 9.17) is 5.11 Å². The van der Waals surface area contributed by atoms with E-state index in [-0.39, 0.29) is 28.6 Å². The van der Waals surface area contributed by atoms with Gasteiger partial charge in [-0.25, -0.2) is 0 Å². The second-order valence-electron chi connectivity index (χ2n) is 3.58. The molecule has 0 atom stereocenters. The van der Waals surface area contributed by atoms with E-state index in [1.807, 2.05) is 0 Å². The summed E-state index contributed by atoms with van der Waals surface area (Å²) in [6, 6.07) is 9.75. The lowest BCUT2D eigenvalue weighted by molar-refractivity contribution is 0.103. The molecular weight excluding hydrogens is 220 g/mol. The first-order valence-electron chi connectivity index (χ1n) is 4.93. The fourth-order valence-electron chi connectivity index (χ4n) is 1.48. The van der Waals surface area contributed by atoms with E-state index in [1.54, 1.807) is 12.1 Å². The SMILES string of the molecule is O=C(c1cccc(O)c1)c1ccc(O)c(O)c1. The number of hydrogen-bond acceptors (Lipinski definition) is 4. The average Bonchev–Trinajstić information content (AvgIpc) is 2.32. The van der Waals surface area contributed by atoms with Crippen LogP contribution in [-0.2, 0) is 0 Å². The topological polar surface area (TPSA) is 77.8 Å². The van der Waals surface area contributed by atoms with E-state index in [0.717, 1.165) is 0 Å². The Balaban J connectivity index is 2.40. The smallest absolute Gasteiger partial charge is 0.193 e. The molecular formula is C13H10O4. The lowest BCUT2D eigenvalue weighted by atomic mass is 10.0. The molecule has 17 heavy (non-hydrogen) atoms. The van der Waals surface area contributed by atoms with Crippen LogP contribution in [0.25, 0.3) is 0 Å². The average molecular weight is 230 g/mol. The first-order valence-corrected chi connectivity index (χ1v) is 4.93. The van der Waals surface area contributed by atoms with Gasteiger partial charge in [0.15, 0.2) is 17.3 Å². The Bertz CT molecular complexity index is 575. The largest absolute Gasteiger partial charge is 0.508 e. The number of phenolic OH excluding ortho intramolecular Hbond substituents is 3. The third kappa shape index (κ3) is 2.20. The molecule has 2 aromatic carbocycles. The van der Waals surface area contributed by atoms with Crippen LogP contribution in [-0.4, -0.2) is 21.1 Å². The van der Waals surface area contributed by atoms with Crippen molar-refractivity contribution in [3.05, 3.63) is 53.6 Å². The molecule has 86 valence electrons. The molecule has 0 spiro atoms. The van der Waals surface area contributed by atoms with Gasteiger partial charge in [0, 0.05) is 11.1 Å². The van der Waals surface area contributed by atoms with Crippen molar-refractivity contribution in [1.82, 2.24) is 0 Å². The minimum absolute atomic E-state index is 0.00106. The lowest BCUT2D eigenvalue weighted by Crippen LogP contribution is -2.00. The molecule has 0 aliphatic rings. The Kier molecular flexibility index (Phi) is 2.70. The number of phenols is 3. The van der Waals surface area contributed by atoms with Crippen LogP contribution in [0.4, 0.5) is 0 Å². The number of benzene rings is 2. The van der Waals surface area contributed by atoms with Crippen molar-refractivity contribution in [1.29, 1.82) is 0 Å². The van der Waals surface area contributed by atoms with Crippen LogP contribution < -0.4 is 0 Å². The second kappa shape index (κ2) is 4.17. The third-order valence-electron chi connectivity index (χ3n) is 2.35. The second-order valence-corrected chi connectivity index (χ2v) is 3.58. The Labute approximate surface area is 97.4 Å². The van der Waals surface area contributed by atoms with Gasteiger partial charge in [-0.05, 0) is 30.3 Å². The lowest BCUT2D eigenvalue weighted by Gasteiger charge is -2.03. The summed E-state index contributed by atoms with van der Waals surface area (Å²) in [5.74, 6) is -0.969. The molecule has 4 nitrogen and oxygen atoms in total. The normalized spacial score (nSPS) is 10.1. The quantitative estimate of drug-likeness (QED) is 0.545. The molecule has 0 amide bonds. The fraction of sp³-hybridized carbons (Fsp3) is 0. The first kappa shape index (κ1) is 11.0. The predicted octanol–water partition coefficient (Wildman–Crippen LogP) is 2.03. The molecule has 2 rings (SSSR count). The molecule has 0 aromatic heterocycles. The zero-order valence-electron chi connectivity index (χ0n) is 8.79. The van der Waals surface area contributed by atoms with Crippen molar-refractivity contribution >= 4 is 5.78 Å². The monoisotopic (exact) mass is 230 g/mol. The van der Waals surface area contributed by atoms with Gasteiger partial charge < -0.3 is 15.3 Å². The molecule has 0 radical (unpaired) electrons. The molecule has 0 saturated carbocycles. The number of rotatable bonds is 2. The number of aromatic hydroxyl groups is 3. The van der Waals surface area contributed by atoms with Crippen molar-refractivity contribution in [2.24, 2.45) is 0 Å². The van der Waals surface area contributed by atoms with Gasteiger partial charge in [0.25, 0.3) is 0 Å². The molecule has 0 saturated heterocycles. The van der Waals surface area contributed by atoms with Gasteiger partial charge >= 0.3 is 0 Å². The Morgan fingerprint density at radius 3 is 2.18 bits per heavy atom. The van der Waals surface area contributed by atoms with Gasteiger partial charge in [-0.15, -0.1) is 0 Å². The van der Waals surface area contributed by atoms with E-state index >= 15 is 0 Å². The maximum atomic E-state index is 12.0. The van der Waals surface area contributed by atoms with E-state index in [9.17, 15) is 15.0 Å². The van der Waals surface area contributed by atoms with Gasteiger partial charge in [0.2, 0.25) is 0 Å². The van der Waals surface area contributed by atoms with Crippen molar-refractivity contribution in [3.63, 3.8) is 0 Å². The molecule has 0 fully saturated rings. The summed E-state index contributed by atoms with van der Waals surface area (Å²) in [6.07, 6.45) is 0. The zero-order chi connectivity index (χ0) is 12.4. The van der Waals surface area contributed by atoms with Gasteiger partial charge in [-0.1, -0.05) is 12.1 Å². The minimum Gasteiger partial charge on any atom is -0.508 e. The Hall–Kier alpha value is -2.49. The van der Waals surface area contributed by atoms with E-state index in [2.05, 4.69) is 0 Å². The van der Waals surface area contributed by atoms with Crippen molar-refractivity contribution in [3.8, 4) is 17.2 Å². The van der Waals surface area contributed by atoms with Crippen molar-refractivity contribution in [2.75, 3.05) is 0 Å². The van der Waals surface area contributed by atoms with Crippen LogP contribution in [0, 0.1) is 0 Å². The highest BCUT2D eigenvalue weighted by molar-refractivity contribution is 6.09. The first-order chi connectivity index (χ1) is 8.08. The number of carbonyl (C=O) groups is 1. The highest BCUT2D eigenvalue weighted by atomic mass is 16.3. The highest BCUT2D eigenvalue weighted by Gasteiger charge is 2.11. The summed E-state index contributed by atoms with van der Waals surface area (Å²) < 4.78 is 0. The van der Waals surface area contributed by atoms with Gasteiger partial charge in [0.05, 0.1) is 0 Å². The molecule has 0 aliphatic carbocycles. The van der Waals surface area contributed by atoms with Crippen LogP contribution in [0.15, 0.2) is 42.5 Å². The summed E-state index contributed by atoms with van der Waals surface area (Å²) in [6.45, 7) is 0. The number of carbonyl (C=O) groups excluding carboxylic acids is 1. The summed E-state index contributed by atoms with van der Waals surface area (Å²) in [5.41, 5.74) is 0.556. The summed E-state index contributed by atoms with van der Waals surface area (Å²) in [5, 5.41) is 27.7. The summed E-state index contributed by atoms with van der Waals surface area (Å²) >= 11 is 0. The van der Waals surface area contributed by atoms with Gasteiger partial charge in [-0.3, -0.25) is 4.79 Å². The zero-order valence-corrected chi connectivity index (χ0v) is 8.79. The summed E-state index contributed by atoms with van der Waals surface area (Å²) in [7, 11) is 0. The molecule has 0 bridgehead atoms. The standard InChI is InChI=1S/C13H10O4/c14-10-3-1-2-8(6-10)13(17)9-4-5-11(15)12(16)7-9/h1-7,14-16H. The fourth-order valence-corrected chi connectivity index (χ4v) is 1.48. The maximum Gasteiger partial charge on any atom is 0.193 e. The molecule has 4 heteroatoms. The summed E-state index contributed by atoms with van der Waals surface area (Å²) in [4.78, 5) is 12.0. The van der Waals surface area contributed by atoms with E-state index in [1.165, 1.54) is 30.3 Å². The highest BCUT2D eigenvalue weighted by Crippen LogP contribution is 2.26. The van der Waals surface area contributed by atoms with Crippen LogP contribution in [0.5, 0.6) is 17.2 Å². The number of ketones is 1. The molecule has 2 aromatic rings. The third-order valence-corrected chi connectivity index (χ3v) is 2.35. The maximum absolute atomic E-state index is 12.0. The van der Waals surface area contributed by atoms with Crippen molar-refractivity contribution < 1.29 is 20.1 Å². The van der Waals surface area contributed by atoms with Crippen LogP contribution in [0.1, 0.15) is 15.9 Å². The van der Waals surface area contributed by atoms with E-state index in [0.29, 0.717) is 5.56 Å². The van der Waals surface area contributed by atoms with Gasteiger partial charge in [0.1, 0.15) is 5.75 Å². The molecule has 0 aliphatic heterocycles. The predicted molar refractivity (Wildman–Crippen MR) is 61.3 cm³/mol. The molecule has 0 heterocycles. The number of hydrogen-bond donors (Lipinski definition) is 3.